The van der Waals surface area contributed by atoms with Crippen molar-refractivity contribution in [3.63, 3.8) is 0 Å². The second-order valence-electron chi connectivity index (χ2n) is 6.11. The molecule has 0 bridgehead atoms. The Bertz CT molecular complexity index is 1150. The van der Waals surface area contributed by atoms with E-state index in [1.807, 2.05) is 0 Å². The molecule has 0 saturated carbocycles. The number of sulfonamides is 1. The van der Waals surface area contributed by atoms with Crippen molar-refractivity contribution in [3.05, 3.63) is 52.0 Å². The smallest absolute Gasteiger partial charge is 0.338 e. The number of aromatic nitrogens is 2. The van der Waals surface area contributed by atoms with Crippen LogP contribution in [-0.2, 0) is 27.8 Å². The van der Waals surface area contributed by atoms with Gasteiger partial charge in [0, 0.05) is 6.54 Å². The summed E-state index contributed by atoms with van der Waals surface area (Å²) in [5, 5.41) is 7.66. The van der Waals surface area contributed by atoms with Crippen LogP contribution in [0.2, 0.25) is 0 Å². The number of fused-ring (bicyclic) bond motifs is 1. The first-order valence-corrected chi connectivity index (χ1v) is 10.8. The third-order valence-corrected chi connectivity index (χ3v) is 5.75. The molecule has 3 heterocycles. The lowest BCUT2D eigenvalue weighted by atomic mass is 10.1. The Labute approximate surface area is 168 Å². The monoisotopic (exact) mass is 467 g/mol. The number of furan rings is 1. The maximum atomic E-state index is 12.3. The molecular formula is C17H14BrN3O6S. The highest BCUT2D eigenvalue weighted by molar-refractivity contribution is 9.10. The summed E-state index contributed by atoms with van der Waals surface area (Å²) in [6.07, 6.45) is 1.69. The van der Waals surface area contributed by atoms with Gasteiger partial charge in [-0.05, 0) is 58.2 Å². The molecule has 146 valence electrons. The molecule has 0 spiro atoms. The van der Waals surface area contributed by atoms with Crippen LogP contribution in [0.15, 0.2) is 43.8 Å². The predicted octanol–water partition coefficient (Wildman–Crippen LogP) is 2.77. The van der Waals surface area contributed by atoms with Crippen molar-refractivity contribution in [1.29, 1.82) is 0 Å². The fourth-order valence-electron chi connectivity index (χ4n) is 2.89. The Hall–Kier alpha value is -2.66. The van der Waals surface area contributed by atoms with E-state index in [1.165, 1.54) is 10.4 Å². The van der Waals surface area contributed by atoms with Gasteiger partial charge >= 0.3 is 5.97 Å². The van der Waals surface area contributed by atoms with Crippen LogP contribution < -0.4 is 4.31 Å². The van der Waals surface area contributed by atoms with E-state index in [9.17, 15) is 13.2 Å². The number of carbonyl (C=O) groups is 1. The molecule has 2 aromatic heterocycles. The minimum absolute atomic E-state index is 0.125. The van der Waals surface area contributed by atoms with Gasteiger partial charge in [-0.3, -0.25) is 4.31 Å². The van der Waals surface area contributed by atoms with Gasteiger partial charge in [-0.2, -0.15) is 0 Å². The Morgan fingerprint density at radius 1 is 1.25 bits per heavy atom. The standard InChI is InChI=1S/C17H14BrN3O6S/c1-28(23,24)21-7-6-10-8-11(2-3-12(10)21)17(22)25-9-15-19-20-16(27-15)13-4-5-14(18)26-13/h2-5,8H,6-7,9H2,1H3. The average molecular weight is 468 g/mol. The molecule has 0 aliphatic carbocycles. The van der Waals surface area contributed by atoms with Crippen LogP contribution in [0.1, 0.15) is 21.8 Å². The largest absolute Gasteiger partial charge is 0.452 e. The minimum atomic E-state index is -3.34. The van der Waals surface area contributed by atoms with Gasteiger partial charge in [0.25, 0.3) is 11.8 Å². The van der Waals surface area contributed by atoms with Gasteiger partial charge < -0.3 is 13.6 Å². The number of esters is 1. The lowest BCUT2D eigenvalue weighted by Gasteiger charge is -2.16. The molecule has 0 amide bonds. The van der Waals surface area contributed by atoms with Crippen LogP contribution in [-0.4, -0.2) is 37.4 Å². The molecule has 3 aromatic rings. The van der Waals surface area contributed by atoms with E-state index >= 15 is 0 Å². The predicted molar refractivity (Wildman–Crippen MR) is 101 cm³/mol. The van der Waals surface area contributed by atoms with Crippen molar-refractivity contribution >= 4 is 37.6 Å². The van der Waals surface area contributed by atoms with Gasteiger partial charge in [-0.1, -0.05) is 0 Å². The molecule has 0 unspecified atom stereocenters. The highest BCUT2D eigenvalue weighted by Gasteiger charge is 2.27. The normalized spacial score (nSPS) is 13.6. The molecule has 1 aromatic carbocycles. The van der Waals surface area contributed by atoms with Gasteiger partial charge in [-0.15, -0.1) is 10.2 Å². The van der Waals surface area contributed by atoms with Crippen molar-refractivity contribution in [2.75, 3.05) is 17.1 Å². The van der Waals surface area contributed by atoms with Crippen LogP contribution in [0.3, 0.4) is 0 Å². The third kappa shape index (κ3) is 3.67. The zero-order valence-electron chi connectivity index (χ0n) is 14.6. The van der Waals surface area contributed by atoms with E-state index in [1.54, 1.807) is 24.3 Å². The number of rotatable bonds is 5. The number of anilines is 1. The van der Waals surface area contributed by atoms with Crippen LogP contribution in [0.5, 0.6) is 0 Å². The van der Waals surface area contributed by atoms with Crippen LogP contribution in [0.25, 0.3) is 11.7 Å². The Kier molecular flexibility index (Phi) is 4.71. The van der Waals surface area contributed by atoms with Crippen molar-refractivity contribution < 1.29 is 26.8 Å². The zero-order valence-corrected chi connectivity index (χ0v) is 17.0. The lowest BCUT2D eigenvalue weighted by molar-refractivity contribution is 0.0438. The van der Waals surface area contributed by atoms with Gasteiger partial charge in [0.05, 0.1) is 17.5 Å². The third-order valence-electron chi connectivity index (χ3n) is 4.15. The molecule has 1 aliphatic heterocycles. The number of nitrogens with zero attached hydrogens (tertiary/aromatic N) is 3. The molecule has 0 N–H and O–H groups in total. The summed E-state index contributed by atoms with van der Waals surface area (Å²) in [4.78, 5) is 12.3. The lowest BCUT2D eigenvalue weighted by Crippen LogP contribution is -2.27. The van der Waals surface area contributed by atoms with Crippen molar-refractivity contribution in [1.82, 2.24) is 10.2 Å². The molecule has 0 saturated heterocycles. The molecule has 0 atom stereocenters. The number of halogens is 1. The van der Waals surface area contributed by atoms with E-state index in [-0.39, 0.29) is 18.4 Å². The van der Waals surface area contributed by atoms with Crippen molar-refractivity contribution in [3.8, 4) is 11.7 Å². The van der Waals surface area contributed by atoms with E-state index in [0.717, 1.165) is 11.8 Å². The summed E-state index contributed by atoms with van der Waals surface area (Å²) in [7, 11) is -3.34. The highest BCUT2D eigenvalue weighted by Crippen LogP contribution is 2.31. The number of ether oxygens (including phenoxy) is 1. The molecule has 0 fully saturated rings. The number of benzene rings is 1. The fourth-order valence-corrected chi connectivity index (χ4v) is 4.16. The molecular weight excluding hydrogens is 454 g/mol. The molecule has 28 heavy (non-hydrogen) atoms. The molecule has 11 heteroatoms. The first-order valence-electron chi connectivity index (χ1n) is 8.17. The topological polar surface area (TPSA) is 116 Å². The highest BCUT2D eigenvalue weighted by atomic mass is 79.9. The summed E-state index contributed by atoms with van der Waals surface area (Å²) in [5.41, 5.74) is 1.69. The van der Waals surface area contributed by atoms with Crippen molar-refractivity contribution in [2.45, 2.75) is 13.0 Å². The molecule has 4 rings (SSSR count). The number of hydrogen-bond donors (Lipinski definition) is 0. The van der Waals surface area contributed by atoms with E-state index in [0.29, 0.717) is 34.6 Å². The van der Waals surface area contributed by atoms with Gasteiger partial charge in [0.1, 0.15) is 0 Å². The SMILES string of the molecule is CS(=O)(=O)N1CCc2cc(C(=O)OCc3nnc(-c4ccc(Br)o4)o3)ccc21. The van der Waals surface area contributed by atoms with E-state index in [4.69, 9.17) is 13.6 Å². The maximum Gasteiger partial charge on any atom is 0.338 e. The van der Waals surface area contributed by atoms with Crippen LogP contribution in [0, 0.1) is 0 Å². The molecule has 0 radical (unpaired) electrons. The summed E-state index contributed by atoms with van der Waals surface area (Å²) in [6, 6.07) is 8.14. The summed E-state index contributed by atoms with van der Waals surface area (Å²) >= 11 is 3.19. The summed E-state index contributed by atoms with van der Waals surface area (Å²) in [5.74, 6) is 0.127. The minimum Gasteiger partial charge on any atom is -0.452 e. The fraction of sp³-hybridized carbons (Fsp3) is 0.235. The Morgan fingerprint density at radius 3 is 2.79 bits per heavy atom. The second kappa shape index (κ2) is 7.06. The van der Waals surface area contributed by atoms with E-state index < -0.39 is 16.0 Å². The van der Waals surface area contributed by atoms with Crippen molar-refractivity contribution in [2.24, 2.45) is 0 Å². The number of carbonyl (C=O) groups excluding carboxylic acids is 1. The Morgan fingerprint density at radius 2 is 2.07 bits per heavy atom. The van der Waals surface area contributed by atoms with E-state index in [2.05, 4.69) is 26.1 Å². The zero-order chi connectivity index (χ0) is 19.9. The average Bonchev–Trinajstić information content (AvgIpc) is 3.37. The van der Waals surface area contributed by atoms with Gasteiger partial charge in [0.15, 0.2) is 17.0 Å². The molecule has 1 aliphatic rings. The first kappa shape index (κ1) is 18.7. The van der Waals surface area contributed by atoms with Crippen LogP contribution in [0.4, 0.5) is 5.69 Å². The van der Waals surface area contributed by atoms with Gasteiger partial charge in [0.2, 0.25) is 10.0 Å². The summed E-state index contributed by atoms with van der Waals surface area (Å²) < 4.78 is 41.4. The van der Waals surface area contributed by atoms with Crippen LogP contribution >= 0.6 is 15.9 Å². The molecule has 9 nitrogen and oxygen atoms in total. The maximum absolute atomic E-state index is 12.3. The quantitative estimate of drug-likeness (QED) is 0.525. The number of hydrogen-bond acceptors (Lipinski definition) is 8. The summed E-state index contributed by atoms with van der Waals surface area (Å²) in [6.45, 7) is 0.167. The van der Waals surface area contributed by atoms with Gasteiger partial charge in [-0.25, -0.2) is 13.2 Å². The first-order chi connectivity index (χ1) is 13.3. The second-order valence-corrected chi connectivity index (χ2v) is 8.80. The Balaban J connectivity index is 1.43.